The van der Waals surface area contributed by atoms with Crippen molar-refractivity contribution in [3.63, 3.8) is 0 Å². The van der Waals surface area contributed by atoms with Crippen molar-refractivity contribution in [2.75, 3.05) is 7.11 Å². The summed E-state index contributed by atoms with van der Waals surface area (Å²) in [4.78, 5) is 3.74. The van der Waals surface area contributed by atoms with Gasteiger partial charge in [0.15, 0.2) is 5.17 Å². The van der Waals surface area contributed by atoms with Crippen molar-refractivity contribution in [1.29, 1.82) is 0 Å². The molecular formula is C14H16ClF2NO. The summed E-state index contributed by atoms with van der Waals surface area (Å²) in [5.74, 6) is -2.47. The summed E-state index contributed by atoms with van der Waals surface area (Å²) < 4.78 is 32.3. The number of ether oxygens (including phenoxy) is 1. The molecule has 104 valence electrons. The molecule has 0 N–H and O–H groups in total. The van der Waals surface area contributed by atoms with E-state index in [-0.39, 0.29) is 6.42 Å². The molecule has 1 aromatic carbocycles. The van der Waals surface area contributed by atoms with Gasteiger partial charge < -0.3 is 4.74 Å². The van der Waals surface area contributed by atoms with E-state index in [0.717, 1.165) is 0 Å². The SMILES string of the molecule is C=CCCCC(F)(F)C(Cl)=Nc1ccc(OC)cc1. The fraction of sp³-hybridized carbons (Fsp3) is 0.357. The second kappa shape index (κ2) is 7.24. The minimum Gasteiger partial charge on any atom is -0.497 e. The number of aliphatic imine (C=N–C) groups is 1. The van der Waals surface area contributed by atoms with Gasteiger partial charge in [-0.15, -0.1) is 6.58 Å². The number of hydrogen-bond donors (Lipinski definition) is 0. The van der Waals surface area contributed by atoms with Gasteiger partial charge >= 0.3 is 0 Å². The van der Waals surface area contributed by atoms with Gasteiger partial charge in [-0.1, -0.05) is 17.7 Å². The van der Waals surface area contributed by atoms with Gasteiger partial charge in [-0.3, -0.25) is 0 Å². The molecule has 2 nitrogen and oxygen atoms in total. The maximum absolute atomic E-state index is 13.7. The molecule has 0 amide bonds. The van der Waals surface area contributed by atoms with Gasteiger partial charge in [0.25, 0.3) is 5.92 Å². The third-order valence-corrected chi connectivity index (χ3v) is 2.86. The third kappa shape index (κ3) is 4.99. The minimum absolute atomic E-state index is 0.324. The molecule has 0 bridgehead atoms. The number of allylic oxidation sites excluding steroid dienone is 1. The molecule has 0 radical (unpaired) electrons. The van der Waals surface area contributed by atoms with E-state index in [1.165, 1.54) is 7.11 Å². The molecule has 0 fully saturated rings. The van der Waals surface area contributed by atoms with Gasteiger partial charge in [-0.05, 0) is 37.1 Å². The van der Waals surface area contributed by atoms with E-state index in [2.05, 4.69) is 11.6 Å². The molecule has 0 aromatic heterocycles. The Morgan fingerprint density at radius 2 is 2.05 bits per heavy atom. The predicted molar refractivity (Wildman–Crippen MR) is 74.9 cm³/mol. The number of methoxy groups -OCH3 is 1. The standard InChI is InChI=1S/C14H16ClF2NO/c1-3-4-5-10-14(16,17)13(15)18-11-6-8-12(19-2)9-7-11/h3,6-9H,1,4-5,10H2,2H3. The van der Waals surface area contributed by atoms with Crippen molar-refractivity contribution < 1.29 is 13.5 Å². The van der Waals surface area contributed by atoms with Crippen LogP contribution < -0.4 is 4.74 Å². The van der Waals surface area contributed by atoms with Gasteiger partial charge in [0.2, 0.25) is 0 Å². The zero-order valence-corrected chi connectivity index (χ0v) is 11.5. The van der Waals surface area contributed by atoms with E-state index < -0.39 is 11.1 Å². The summed E-state index contributed by atoms with van der Waals surface area (Å²) in [6.45, 7) is 3.49. The first kappa shape index (κ1) is 15.6. The molecule has 0 aliphatic rings. The first-order valence-electron chi connectivity index (χ1n) is 5.87. The van der Waals surface area contributed by atoms with Gasteiger partial charge in [-0.25, -0.2) is 4.99 Å². The first-order chi connectivity index (χ1) is 8.99. The van der Waals surface area contributed by atoms with E-state index in [0.29, 0.717) is 24.3 Å². The Morgan fingerprint density at radius 3 is 2.58 bits per heavy atom. The Labute approximate surface area is 116 Å². The maximum atomic E-state index is 13.7. The molecule has 0 heterocycles. The topological polar surface area (TPSA) is 21.6 Å². The first-order valence-corrected chi connectivity index (χ1v) is 6.25. The van der Waals surface area contributed by atoms with Crippen LogP contribution in [0.1, 0.15) is 19.3 Å². The summed E-state index contributed by atoms with van der Waals surface area (Å²) in [6, 6.07) is 6.42. The lowest BCUT2D eigenvalue weighted by molar-refractivity contribution is 0.0693. The Kier molecular flexibility index (Phi) is 5.96. The Bertz CT molecular complexity index is 443. The van der Waals surface area contributed by atoms with E-state index in [9.17, 15) is 8.78 Å². The van der Waals surface area contributed by atoms with Gasteiger partial charge in [0.05, 0.1) is 12.8 Å². The Balaban J connectivity index is 2.75. The lowest BCUT2D eigenvalue weighted by Gasteiger charge is -2.13. The van der Waals surface area contributed by atoms with Crippen molar-refractivity contribution >= 4 is 22.5 Å². The fourth-order valence-electron chi connectivity index (χ4n) is 1.42. The number of halogens is 3. The van der Waals surface area contributed by atoms with Crippen LogP contribution in [0.4, 0.5) is 14.5 Å². The summed E-state index contributed by atoms with van der Waals surface area (Å²) >= 11 is 5.60. The van der Waals surface area contributed by atoms with E-state index in [4.69, 9.17) is 16.3 Å². The van der Waals surface area contributed by atoms with Crippen molar-refractivity contribution in [3.05, 3.63) is 36.9 Å². The average molecular weight is 288 g/mol. The number of rotatable bonds is 7. The molecule has 0 saturated heterocycles. The van der Waals surface area contributed by atoms with Crippen molar-refractivity contribution in [2.45, 2.75) is 25.2 Å². The Hall–Kier alpha value is -1.42. The quantitative estimate of drug-likeness (QED) is 0.395. The van der Waals surface area contributed by atoms with Gasteiger partial charge in [0, 0.05) is 6.42 Å². The third-order valence-electron chi connectivity index (χ3n) is 2.50. The molecule has 1 rings (SSSR count). The smallest absolute Gasteiger partial charge is 0.300 e. The lowest BCUT2D eigenvalue weighted by atomic mass is 10.1. The minimum atomic E-state index is -3.11. The highest BCUT2D eigenvalue weighted by Gasteiger charge is 2.34. The average Bonchev–Trinajstić information content (AvgIpc) is 2.39. The molecular weight excluding hydrogens is 272 g/mol. The van der Waals surface area contributed by atoms with Crippen LogP contribution in [0.2, 0.25) is 0 Å². The second-order valence-corrected chi connectivity index (χ2v) is 4.34. The summed E-state index contributed by atoms with van der Waals surface area (Å²) in [5.41, 5.74) is 0.370. The molecule has 0 spiro atoms. The molecule has 1 aromatic rings. The van der Waals surface area contributed by atoms with Gasteiger partial charge in [0.1, 0.15) is 5.75 Å². The number of alkyl halides is 2. The van der Waals surface area contributed by atoms with Crippen LogP contribution in [-0.4, -0.2) is 18.2 Å². The second-order valence-electron chi connectivity index (χ2n) is 3.99. The van der Waals surface area contributed by atoms with Crippen molar-refractivity contribution in [2.24, 2.45) is 4.99 Å². The van der Waals surface area contributed by atoms with Crippen molar-refractivity contribution in [1.82, 2.24) is 0 Å². The van der Waals surface area contributed by atoms with Crippen LogP contribution in [0.3, 0.4) is 0 Å². The van der Waals surface area contributed by atoms with Crippen LogP contribution in [0.5, 0.6) is 5.75 Å². The Morgan fingerprint density at radius 1 is 1.42 bits per heavy atom. The summed E-state index contributed by atoms with van der Waals surface area (Å²) in [5, 5.41) is -0.693. The largest absolute Gasteiger partial charge is 0.497 e. The van der Waals surface area contributed by atoms with E-state index in [1.807, 2.05) is 0 Å². The monoisotopic (exact) mass is 287 g/mol. The summed E-state index contributed by atoms with van der Waals surface area (Å²) in [6.07, 6.45) is 2.12. The normalized spacial score (nSPS) is 12.3. The van der Waals surface area contributed by atoms with Crippen LogP contribution in [0, 0.1) is 0 Å². The van der Waals surface area contributed by atoms with Crippen molar-refractivity contribution in [3.8, 4) is 5.75 Å². The van der Waals surface area contributed by atoms with Crippen LogP contribution >= 0.6 is 11.6 Å². The lowest BCUT2D eigenvalue weighted by Crippen LogP contribution is -2.24. The van der Waals surface area contributed by atoms with E-state index in [1.54, 1.807) is 30.3 Å². The number of nitrogens with zero attached hydrogens (tertiary/aromatic N) is 1. The fourth-order valence-corrected chi connectivity index (χ4v) is 1.62. The highest BCUT2D eigenvalue weighted by atomic mass is 35.5. The molecule has 19 heavy (non-hydrogen) atoms. The number of unbranched alkanes of at least 4 members (excludes halogenated alkanes) is 1. The molecule has 5 heteroatoms. The molecule has 0 saturated carbocycles. The number of benzene rings is 1. The van der Waals surface area contributed by atoms with Gasteiger partial charge in [-0.2, -0.15) is 8.78 Å². The molecule has 0 aliphatic carbocycles. The molecule has 0 unspecified atom stereocenters. The summed E-state index contributed by atoms with van der Waals surface area (Å²) in [7, 11) is 1.53. The van der Waals surface area contributed by atoms with Crippen LogP contribution in [-0.2, 0) is 0 Å². The highest BCUT2D eigenvalue weighted by Crippen LogP contribution is 2.28. The van der Waals surface area contributed by atoms with E-state index >= 15 is 0 Å². The number of hydrogen-bond acceptors (Lipinski definition) is 2. The molecule has 0 aliphatic heterocycles. The maximum Gasteiger partial charge on any atom is 0.300 e. The molecule has 0 atom stereocenters. The zero-order chi connectivity index (χ0) is 14.3. The predicted octanol–water partition coefficient (Wildman–Crippen LogP) is 4.96. The van der Waals surface area contributed by atoms with Crippen LogP contribution in [0.15, 0.2) is 41.9 Å². The highest BCUT2D eigenvalue weighted by molar-refractivity contribution is 6.67. The zero-order valence-electron chi connectivity index (χ0n) is 10.7. The van der Waals surface area contributed by atoms with Crippen LogP contribution in [0.25, 0.3) is 0 Å².